The molecule has 0 amide bonds. The average Bonchev–Trinajstić information content (AvgIpc) is 2.72. The molecule has 14 heavy (non-hydrogen) atoms. The van der Waals surface area contributed by atoms with E-state index in [0.29, 0.717) is 11.0 Å². The van der Waals surface area contributed by atoms with Crippen molar-refractivity contribution >= 4 is 10.8 Å². The van der Waals surface area contributed by atoms with Crippen LogP contribution in [0.3, 0.4) is 0 Å². The van der Waals surface area contributed by atoms with Gasteiger partial charge >= 0.3 is 0 Å². The van der Waals surface area contributed by atoms with Crippen LogP contribution in [0.5, 0.6) is 0 Å². The van der Waals surface area contributed by atoms with E-state index in [-0.39, 0.29) is 0 Å². The number of hydrogen-bond acceptors (Lipinski definition) is 3. The maximum absolute atomic E-state index is 11.9. The minimum Gasteiger partial charge on any atom is -0.315 e. The lowest BCUT2D eigenvalue weighted by Gasteiger charge is -2.07. The van der Waals surface area contributed by atoms with E-state index in [4.69, 9.17) is 0 Å². The summed E-state index contributed by atoms with van der Waals surface area (Å²) in [6.45, 7) is 1.91. The molecule has 3 nitrogen and oxygen atoms in total. The van der Waals surface area contributed by atoms with Crippen molar-refractivity contribution in [3.05, 3.63) is 30.1 Å². The van der Waals surface area contributed by atoms with E-state index in [9.17, 15) is 4.21 Å². The zero-order valence-electron chi connectivity index (χ0n) is 7.98. The molecule has 1 N–H and O–H groups in total. The second kappa shape index (κ2) is 4.66. The smallest absolute Gasteiger partial charge is 0.0490 e. The van der Waals surface area contributed by atoms with Crippen LogP contribution in [0, 0.1) is 0 Å². The van der Waals surface area contributed by atoms with Crippen LogP contribution < -0.4 is 5.32 Å². The molecule has 2 atom stereocenters. The summed E-state index contributed by atoms with van der Waals surface area (Å²) in [6, 6.07) is 3.86. The zero-order chi connectivity index (χ0) is 9.80. The molecule has 2 rings (SSSR count). The van der Waals surface area contributed by atoms with Gasteiger partial charge in [-0.15, -0.1) is 0 Å². The fraction of sp³-hybridized carbons (Fsp3) is 0.500. The Morgan fingerprint density at radius 3 is 2.93 bits per heavy atom. The Balaban J connectivity index is 1.94. The van der Waals surface area contributed by atoms with E-state index >= 15 is 0 Å². The normalized spacial score (nSPS) is 23.6. The van der Waals surface area contributed by atoms with Crippen molar-refractivity contribution in [2.45, 2.75) is 17.4 Å². The number of nitrogens with one attached hydrogen (secondary N) is 1. The third-order valence-corrected chi connectivity index (χ3v) is 4.21. The van der Waals surface area contributed by atoms with E-state index in [1.165, 1.54) is 0 Å². The first-order chi connectivity index (χ1) is 6.86. The van der Waals surface area contributed by atoms with Crippen LogP contribution in [0.4, 0.5) is 0 Å². The van der Waals surface area contributed by atoms with Gasteiger partial charge in [0.1, 0.15) is 0 Å². The van der Waals surface area contributed by atoms with Crippen LogP contribution in [0.25, 0.3) is 0 Å². The Morgan fingerprint density at radius 1 is 1.50 bits per heavy atom. The van der Waals surface area contributed by atoms with Crippen molar-refractivity contribution in [3.8, 4) is 0 Å². The third-order valence-electron chi connectivity index (χ3n) is 2.45. The highest BCUT2D eigenvalue weighted by molar-refractivity contribution is 7.84. The van der Waals surface area contributed by atoms with Crippen LogP contribution in [-0.4, -0.2) is 27.5 Å². The molecule has 0 radical (unpaired) electrons. The molecule has 1 fully saturated rings. The maximum Gasteiger partial charge on any atom is 0.0490 e. The minimum absolute atomic E-state index is 0.336. The van der Waals surface area contributed by atoms with Gasteiger partial charge in [-0.3, -0.25) is 9.19 Å². The molecule has 0 unspecified atom stereocenters. The van der Waals surface area contributed by atoms with Crippen molar-refractivity contribution in [2.24, 2.45) is 0 Å². The Bertz CT molecular complexity index is 309. The fourth-order valence-corrected chi connectivity index (χ4v) is 3.05. The first-order valence-corrected chi connectivity index (χ1v) is 6.21. The second-order valence-corrected chi connectivity index (χ2v) is 5.21. The van der Waals surface area contributed by atoms with E-state index in [2.05, 4.69) is 10.3 Å². The quantitative estimate of drug-likeness (QED) is 0.798. The molecule has 0 bridgehead atoms. The van der Waals surface area contributed by atoms with Crippen LogP contribution in [-0.2, 0) is 16.6 Å². The van der Waals surface area contributed by atoms with E-state index in [0.717, 1.165) is 25.1 Å². The molecule has 0 spiro atoms. The van der Waals surface area contributed by atoms with E-state index in [1.54, 1.807) is 12.4 Å². The number of rotatable bonds is 3. The van der Waals surface area contributed by atoms with Gasteiger partial charge in [-0.1, -0.05) is 0 Å². The summed E-state index contributed by atoms with van der Waals surface area (Å²) in [7, 11) is -0.737. The van der Waals surface area contributed by atoms with Crippen LogP contribution in [0.15, 0.2) is 24.5 Å². The van der Waals surface area contributed by atoms with Crippen molar-refractivity contribution in [3.63, 3.8) is 0 Å². The predicted octanol–water partition coefficient (Wildman–Crippen LogP) is 0.692. The molecule has 0 aromatic carbocycles. The highest BCUT2D eigenvalue weighted by Gasteiger charge is 2.20. The van der Waals surface area contributed by atoms with Gasteiger partial charge in [0.05, 0.1) is 0 Å². The number of hydrogen-bond donors (Lipinski definition) is 1. The van der Waals surface area contributed by atoms with Crippen LogP contribution >= 0.6 is 0 Å². The fourth-order valence-electron chi connectivity index (χ4n) is 1.61. The first kappa shape index (κ1) is 9.80. The van der Waals surface area contributed by atoms with Gasteiger partial charge in [0.25, 0.3) is 0 Å². The molecule has 0 saturated carbocycles. The second-order valence-electron chi connectivity index (χ2n) is 3.50. The maximum atomic E-state index is 11.9. The lowest BCUT2D eigenvalue weighted by molar-refractivity contribution is 0.672. The first-order valence-electron chi connectivity index (χ1n) is 4.83. The van der Waals surface area contributed by atoms with Gasteiger partial charge in [-0.05, 0) is 30.7 Å². The lowest BCUT2D eigenvalue weighted by atomic mass is 10.3. The summed E-state index contributed by atoms with van der Waals surface area (Å²) in [6.07, 6.45) is 4.54. The van der Waals surface area contributed by atoms with E-state index < -0.39 is 10.8 Å². The molecular formula is C10H14N2OS. The standard InChI is InChI=1S/C10H14N2OS/c13-14(10-3-6-12-7-10)8-9-1-4-11-5-2-9/h1-2,4-5,10,12H,3,6-8H2/t10-,14-/m1/s1. The number of pyridine rings is 1. The highest BCUT2D eigenvalue weighted by Crippen LogP contribution is 2.11. The Morgan fingerprint density at radius 2 is 2.29 bits per heavy atom. The van der Waals surface area contributed by atoms with Crippen molar-refractivity contribution in [1.29, 1.82) is 0 Å². The Kier molecular flexibility index (Phi) is 3.26. The average molecular weight is 210 g/mol. The van der Waals surface area contributed by atoms with Crippen LogP contribution in [0.1, 0.15) is 12.0 Å². The number of aromatic nitrogens is 1. The van der Waals surface area contributed by atoms with Crippen LogP contribution in [0.2, 0.25) is 0 Å². The van der Waals surface area contributed by atoms with Crippen molar-refractivity contribution in [2.75, 3.05) is 13.1 Å². The third kappa shape index (κ3) is 2.39. The van der Waals surface area contributed by atoms with Gasteiger partial charge in [-0.2, -0.15) is 0 Å². The lowest BCUT2D eigenvalue weighted by Crippen LogP contribution is -2.19. The van der Waals surface area contributed by atoms with Crippen molar-refractivity contribution < 1.29 is 4.21 Å². The molecule has 1 aliphatic rings. The summed E-state index contributed by atoms with van der Waals surface area (Å²) >= 11 is 0. The molecule has 2 heterocycles. The summed E-state index contributed by atoms with van der Waals surface area (Å²) in [5, 5.41) is 3.57. The summed E-state index contributed by atoms with van der Waals surface area (Å²) in [5.74, 6) is 0.662. The molecule has 0 aliphatic carbocycles. The monoisotopic (exact) mass is 210 g/mol. The molecule has 1 aliphatic heterocycles. The van der Waals surface area contributed by atoms with Gasteiger partial charge in [0.2, 0.25) is 0 Å². The zero-order valence-corrected chi connectivity index (χ0v) is 8.80. The predicted molar refractivity (Wildman–Crippen MR) is 57.4 cm³/mol. The minimum atomic E-state index is -0.737. The molecule has 1 aromatic rings. The summed E-state index contributed by atoms with van der Waals surface area (Å²) in [5.41, 5.74) is 1.12. The van der Waals surface area contributed by atoms with E-state index in [1.807, 2.05) is 12.1 Å². The van der Waals surface area contributed by atoms with Gasteiger partial charge < -0.3 is 5.32 Å². The largest absolute Gasteiger partial charge is 0.315 e. The molecular weight excluding hydrogens is 196 g/mol. The molecule has 1 aromatic heterocycles. The molecule has 1 saturated heterocycles. The highest BCUT2D eigenvalue weighted by atomic mass is 32.2. The topological polar surface area (TPSA) is 42.0 Å². The Labute approximate surface area is 86.4 Å². The SMILES string of the molecule is O=[S@](Cc1ccncc1)[C@@H]1CCNC1. The molecule has 4 heteroatoms. The molecule has 76 valence electrons. The van der Waals surface area contributed by atoms with Gasteiger partial charge in [0, 0.05) is 40.7 Å². The van der Waals surface area contributed by atoms with Gasteiger partial charge in [-0.25, -0.2) is 0 Å². The summed E-state index contributed by atoms with van der Waals surface area (Å²) in [4.78, 5) is 3.94. The summed E-state index contributed by atoms with van der Waals surface area (Å²) < 4.78 is 11.9. The van der Waals surface area contributed by atoms with Gasteiger partial charge in [0.15, 0.2) is 0 Å². The number of nitrogens with zero attached hydrogens (tertiary/aromatic N) is 1. The Hall–Kier alpha value is -0.740. The van der Waals surface area contributed by atoms with Crippen molar-refractivity contribution in [1.82, 2.24) is 10.3 Å².